The Morgan fingerprint density at radius 2 is 1.66 bits per heavy atom. The molecule has 2 saturated heterocycles. The van der Waals surface area contributed by atoms with E-state index in [1.807, 2.05) is 49.5 Å². The van der Waals surface area contributed by atoms with Crippen LogP contribution in [0.3, 0.4) is 0 Å². The van der Waals surface area contributed by atoms with Crippen molar-refractivity contribution in [1.82, 2.24) is 14.3 Å². The predicted octanol–water partition coefficient (Wildman–Crippen LogP) is 3.52. The van der Waals surface area contributed by atoms with Crippen molar-refractivity contribution in [3.8, 4) is 0 Å². The molecule has 1 atom stereocenters. The molecule has 0 spiro atoms. The summed E-state index contributed by atoms with van der Waals surface area (Å²) in [6.45, 7) is 6.12. The van der Waals surface area contributed by atoms with Gasteiger partial charge in [0.1, 0.15) is 11.6 Å². The zero-order chi connectivity index (χ0) is 22.1. The maximum Gasteiger partial charge on any atom is 0.243 e. The van der Waals surface area contributed by atoms with Crippen LogP contribution in [0, 0.1) is 0 Å². The lowest BCUT2D eigenvalue weighted by Crippen LogP contribution is -2.47. The van der Waals surface area contributed by atoms with Crippen molar-refractivity contribution < 1.29 is 8.42 Å². The molecule has 0 saturated carbocycles. The van der Waals surface area contributed by atoms with Gasteiger partial charge in [-0.2, -0.15) is 4.31 Å². The van der Waals surface area contributed by atoms with E-state index in [9.17, 15) is 8.42 Å². The lowest BCUT2D eigenvalue weighted by Gasteiger charge is -2.36. The lowest BCUT2D eigenvalue weighted by atomic mass is 10.1. The van der Waals surface area contributed by atoms with Crippen molar-refractivity contribution in [2.45, 2.75) is 37.1 Å². The minimum Gasteiger partial charge on any atom is -0.353 e. The average Bonchev–Trinajstić information content (AvgIpc) is 2.84. The topological polar surface area (TPSA) is 69.6 Å². The van der Waals surface area contributed by atoms with Crippen molar-refractivity contribution in [1.29, 1.82) is 0 Å². The predicted molar refractivity (Wildman–Crippen MR) is 128 cm³/mol. The molecule has 3 aromatic rings. The molecule has 0 bridgehead atoms. The number of rotatable bonds is 4. The molecule has 2 aromatic heterocycles. The molecule has 7 nitrogen and oxygen atoms in total. The summed E-state index contributed by atoms with van der Waals surface area (Å²) >= 11 is 0. The van der Waals surface area contributed by atoms with Crippen LogP contribution in [0.15, 0.2) is 59.6 Å². The fourth-order valence-electron chi connectivity index (χ4n) is 4.70. The van der Waals surface area contributed by atoms with Gasteiger partial charge in [0, 0.05) is 50.3 Å². The quantitative estimate of drug-likeness (QED) is 0.605. The summed E-state index contributed by atoms with van der Waals surface area (Å²) in [5.74, 6) is 1.94. The maximum absolute atomic E-state index is 13.2. The highest BCUT2D eigenvalue weighted by Crippen LogP contribution is 2.28. The minimum absolute atomic E-state index is 0.0506. The van der Waals surface area contributed by atoms with Gasteiger partial charge in [0.2, 0.25) is 10.0 Å². The number of fused-ring (bicyclic) bond motifs is 1. The van der Waals surface area contributed by atoms with E-state index in [0.717, 1.165) is 68.0 Å². The second-order valence-corrected chi connectivity index (χ2v) is 10.5. The van der Waals surface area contributed by atoms with Gasteiger partial charge in [0.05, 0.1) is 10.4 Å². The maximum atomic E-state index is 13.2. The van der Waals surface area contributed by atoms with E-state index < -0.39 is 10.0 Å². The summed E-state index contributed by atoms with van der Waals surface area (Å²) in [4.78, 5) is 14.2. The van der Waals surface area contributed by atoms with Crippen LogP contribution < -0.4 is 9.80 Å². The number of anilines is 2. The van der Waals surface area contributed by atoms with E-state index in [-0.39, 0.29) is 6.04 Å². The van der Waals surface area contributed by atoms with E-state index >= 15 is 0 Å². The highest BCUT2D eigenvalue weighted by atomic mass is 32.2. The summed E-state index contributed by atoms with van der Waals surface area (Å²) < 4.78 is 28.0. The van der Waals surface area contributed by atoms with Gasteiger partial charge >= 0.3 is 0 Å². The first kappa shape index (κ1) is 21.2. The Balaban J connectivity index is 1.33. The number of hydrogen-bond acceptors (Lipinski definition) is 6. The number of hydrogen-bond donors (Lipinski definition) is 0. The van der Waals surface area contributed by atoms with Gasteiger partial charge in [-0.3, -0.25) is 0 Å². The zero-order valence-electron chi connectivity index (χ0n) is 18.4. The van der Waals surface area contributed by atoms with Crippen LogP contribution in [0.1, 0.15) is 26.2 Å². The van der Waals surface area contributed by atoms with Crippen LogP contribution in [0.5, 0.6) is 0 Å². The largest absolute Gasteiger partial charge is 0.353 e. The SMILES string of the molecule is CC1CCCCN1S(=O)(=O)c1ccc2nc(N3CCN(c4ccccn4)CC3)ccc2c1. The zero-order valence-corrected chi connectivity index (χ0v) is 19.2. The van der Waals surface area contributed by atoms with Gasteiger partial charge < -0.3 is 9.80 Å². The van der Waals surface area contributed by atoms with E-state index in [1.54, 1.807) is 16.4 Å². The molecule has 0 aliphatic carbocycles. The second-order valence-electron chi connectivity index (χ2n) is 8.65. The number of benzene rings is 1. The number of piperazine rings is 1. The Morgan fingerprint density at radius 1 is 0.875 bits per heavy atom. The van der Waals surface area contributed by atoms with Gasteiger partial charge in [0.15, 0.2) is 0 Å². The summed E-state index contributed by atoms with van der Waals surface area (Å²) in [5, 5.41) is 0.853. The molecule has 2 fully saturated rings. The van der Waals surface area contributed by atoms with Gasteiger partial charge in [-0.1, -0.05) is 12.5 Å². The van der Waals surface area contributed by atoms with Crippen molar-refractivity contribution in [2.24, 2.45) is 0 Å². The molecule has 168 valence electrons. The van der Waals surface area contributed by atoms with E-state index in [1.165, 1.54) is 0 Å². The standard InChI is InChI=1S/C24H29N5O2S/c1-19-6-3-5-13-29(19)32(30,31)21-9-10-22-20(18-21)8-11-24(26-22)28-16-14-27(15-17-28)23-7-2-4-12-25-23/h2,4,7-12,18-19H,3,5-6,13-17H2,1H3. The molecule has 5 rings (SSSR count). The Labute approximate surface area is 189 Å². The third-order valence-corrected chi connectivity index (χ3v) is 8.58. The molecule has 2 aliphatic heterocycles. The summed E-state index contributed by atoms with van der Waals surface area (Å²) in [6, 6.07) is 15.3. The lowest BCUT2D eigenvalue weighted by molar-refractivity contribution is 0.268. The first-order valence-corrected chi connectivity index (χ1v) is 12.8. The molecule has 32 heavy (non-hydrogen) atoms. The van der Waals surface area contributed by atoms with Gasteiger partial charge in [-0.05, 0) is 62.2 Å². The molecule has 0 radical (unpaired) electrons. The van der Waals surface area contributed by atoms with Crippen LogP contribution in [-0.4, -0.2) is 61.5 Å². The first-order chi connectivity index (χ1) is 15.5. The highest BCUT2D eigenvalue weighted by molar-refractivity contribution is 7.89. The molecule has 8 heteroatoms. The molecule has 1 aromatic carbocycles. The fourth-order valence-corrected chi connectivity index (χ4v) is 6.43. The number of pyridine rings is 2. The number of sulfonamides is 1. The minimum atomic E-state index is -3.48. The first-order valence-electron chi connectivity index (χ1n) is 11.4. The van der Waals surface area contributed by atoms with Crippen molar-refractivity contribution >= 4 is 32.6 Å². The molecule has 1 unspecified atom stereocenters. The smallest absolute Gasteiger partial charge is 0.243 e. The van der Waals surface area contributed by atoms with Crippen LogP contribution in [0.4, 0.5) is 11.6 Å². The highest BCUT2D eigenvalue weighted by Gasteiger charge is 2.31. The van der Waals surface area contributed by atoms with E-state index in [0.29, 0.717) is 11.4 Å². The number of aromatic nitrogens is 2. The van der Waals surface area contributed by atoms with Crippen LogP contribution >= 0.6 is 0 Å². The van der Waals surface area contributed by atoms with Gasteiger partial charge in [0.25, 0.3) is 0 Å². The Bertz CT molecular complexity index is 1190. The molecule has 2 aliphatic rings. The monoisotopic (exact) mass is 451 g/mol. The Morgan fingerprint density at radius 3 is 2.38 bits per heavy atom. The Kier molecular flexibility index (Phi) is 5.73. The fraction of sp³-hybridized carbons (Fsp3) is 0.417. The third-order valence-electron chi connectivity index (χ3n) is 6.57. The molecule has 0 N–H and O–H groups in total. The van der Waals surface area contributed by atoms with E-state index in [2.05, 4.69) is 14.8 Å². The van der Waals surface area contributed by atoms with Gasteiger partial charge in [-0.25, -0.2) is 18.4 Å². The third kappa shape index (κ3) is 4.04. The molecular formula is C24H29N5O2S. The van der Waals surface area contributed by atoms with Crippen LogP contribution in [-0.2, 0) is 10.0 Å². The normalized spacial score (nSPS) is 20.6. The molecular weight excluding hydrogens is 422 g/mol. The summed E-state index contributed by atoms with van der Waals surface area (Å²) in [5.41, 5.74) is 0.820. The molecule has 0 amide bonds. The number of nitrogens with zero attached hydrogens (tertiary/aromatic N) is 5. The van der Waals surface area contributed by atoms with Crippen molar-refractivity contribution in [3.63, 3.8) is 0 Å². The van der Waals surface area contributed by atoms with Crippen molar-refractivity contribution in [3.05, 3.63) is 54.7 Å². The second kappa shape index (κ2) is 8.67. The van der Waals surface area contributed by atoms with Crippen LogP contribution in [0.2, 0.25) is 0 Å². The Hall–Kier alpha value is -2.71. The molecule has 4 heterocycles. The summed E-state index contributed by atoms with van der Waals surface area (Å²) in [7, 11) is -3.48. The van der Waals surface area contributed by atoms with Crippen LogP contribution in [0.25, 0.3) is 10.9 Å². The van der Waals surface area contributed by atoms with Crippen molar-refractivity contribution in [2.75, 3.05) is 42.5 Å². The van der Waals surface area contributed by atoms with E-state index in [4.69, 9.17) is 4.98 Å². The number of piperidine rings is 1. The summed E-state index contributed by atoms with van der Waals surface area (Å²) in [6.07, 6.45) is 4.77. The van der Waals surface area contributed by atoms with Gasteiger partial charge in [-0.15, -0.1) is 0 Å². The average molecular weight is 452 g/mol.